The van der Waals surface area contributed by atoms with Crippen LogP contribution in [0, 0.1) is 5.41 Å². The quantitative estimate of drug-likeness (QED) is 0.666. The second-order valence-corrected chi connectivity index (χ2v) is 5.71. The molecule has 0 radical (unpaired) electrons. The van der Waals surface area contributed by atoms with Crippen LogP contribution in [0.5, 0.6) is 0 Å². The zero-order valence-electron chi connectivity index (χ0n) is 12.2. The Kier molecular flexibility index (Phi) is 3.83. The molecule has 0 aliphatic carbocycles. The number of nitrogen functional groups attached to an aromatic ring is 1. The second kappa shape index (κ2) is 5.24. The van der Waals surface area contributed by atoms with Crippen molar-refractivity contribution in [2.24, 2.45) is 5.41 Å². The predicted octanol–water partition coefficient (Wildman–Crippen LogP) is 3.49. The van der Waals surface area contributed by atoms with Crippen LogP contribution in [0.1, 0.15) is 50.4 Å². The highest BCUT2D eigenvalue weighted by Crippen LogP contribution is 2.39. The highest BCUT2D eigenvalue weighted by Gasteiger charge is 2.35. The van der Waals surface area contributed by atoms with Gasteiger partial charge in [-0.25, -0.2) is 0 Å². The number of nitrogens with zero attached hydrogens (tertiary/aromatic N) is 1. The third kappa shape index (κ3) is 2.60. The minimum absolute atomic E-state index is 0.0296. The van der Waals surface area contributed by atoms with Crippen molar-refractivity contribution >= 4 is 17.2 Å². The van der Waals surface area contributed by atoms with Crippen molar-refractivity contribution in [3.05, 3.63) is 23.8 Å². The molecule has 1 aromatic rings. The lowest BCUT2D eigenvalue weighted by Gasteiger charge is -2.27. The summed E-state index contributed by atoms with van der Waals surface area (Å²) >= 11 is 0. The molecule has 1 heterocycles. The fourth-order valence-electron chi connectivity index (χ4n) is 3.05. The first-order chi connectivity index (χ1) is 9.01. The summed E-state index contributed by atoms with van der Waals surface area (Å²) in [6.45, 7) is 8.29. The standard InChI is InChI=1S/C16H24N2O/c1-4-16(5-2)8-9-18(11-16)13-6-7-14(12(3)19)15(17)10-13/h6-7,10H,4-5,8-9,11,17H2,1-3H3. The fraction of sp³-hybridized carbons (Fsp3) is 0.562. The van der Waals surface area contributed by atoms with Crippen molar-refractivity contribution in [1.29, 1.82) is 0 Å². The fourth-order valence-corrected chi connectivity index (χ4v) is 3.05. The van der Waals surface area contributed by atoms with Crippen LogP contribution < -0.4 is 10.6 Å². The predicted molar refractivity (Wildman–Crippen MR) is 80.7 cm³/mol. The molecule has 2 N–H and O–H groups in total. The van der Waals surface area contributed by atoms with Crippen molar-refractivity contribution in [1.82, 2.24) is 0 Å². The number of ketones is 1. The molecule has 1 aliphatic rings. The van der Waals surface area contributed by atoms with Crippen molar-refractivity contribution in [3.8, 4) is 0 Å². The van der Waals surface area contributed by atoms with Gasteiger partial charge in [0.25, 0.3) is 0 Å². The summed E-state index contributed by atoms with van der Waals surface area (Å²) < 4.78 is 0. The van der Waals surface area contributed by atoms with Crippen LogP contribution in [0.15, 0.2) is 18.2 Å². The Morgan fingerprint density at radius 2 is 2.05 bits per heavy atom. The molecule has 2 rings (SSSR count). The van der Waals surface area contributed by atoms with Gasteiger partial charge in [0.2, 0.25) is 0 Å². The maximum absolute atomic E-state index is 11.4. The molecule has 0 aromatic heterocycles. The van der Waals surface area contributed by atoms with Crippen molar-refractivity contribution < 1.29 is 4.79 Å². The number of benzene rings is 1. The summed E-state index contributed by atoms with van der Waals surface area (Å²) in [6, 6.07) is 5.82. The Bertz CT molecular complexity index is 478. The summed E-state index contributed by atoms with van der Waals surface area (Å²) in [5.41, 5.74) is 8.79. The number of Topliss-reactive ketones (excluding diaryl/α,β-unsaturated/α-hetero) is 1. The van der Waals surface area contributed by atoms with E-state index in [2.05, 4.69) is 18.7 Å². The van der Waals surface area contributed by atoms with Gasteiger partial charge in [-0.1, -0.05) is 13.8 Å². The Morgan fingerprint density at radius 3 is 2.53 bits per heavy atom. The smallest absolute Gasteiger partial charge is 0.161 e. The van der Waals surface area contributed by atoms with Gasteiger partial charge in [-0.15, -0.1) is 0 Å². The zero-order chi connectivity index (χ0) is 14.0. The number of hydrogen-bond donors (Lipinski definition) is 1. The molecule has 1 fully saturated rings. The van der Waals surface area contributed by atoms with E-state index in [4.69, 9.17) is 5.73 Å². The molecular formula is C16H24N2O. The number of carbonyl (C=O) groups excluding carboxylic acids is 1. The average molecular weight is 260 g/mol. The first-order valence-corrected chi connectivity index (χ1v) is 7.17. The molecule has 3 nitrogen and oxygen atoms in total. The van der Waals surface area contributed by atoms with E-state index in [1.165, 1.54) is 19.3 Å². The van der Waals surface area contributed by atoms with Gasteiger partial charge in [-0.2, -0.15) is 0 Å². The van der Waals surface area contributed by atoms with Gasteiger partial charge in [0, 0.05) is 30.0 Å². The van der Waals surface area contributed by atoms with E-state index in [-0.39, 0.29) is 5.78 Å². The van der Waals surface area contributed by atoms with E-state index in [9.17, 15) is 4.79 Å². The number of nitrogens with two attached hydrogens (primary N) is 1. The summed E-state index contributed by atoms with van der Waals surface area (Å²) in [5.74, 6) is 0.0296. The van der Waals surface area contributed by atoms with E-state index in [0.717, 1.165) is 18.8 Å². The monoisotopic (exact) mass is 260 g/mol. The largest absolute Gasteiger partial charge is 0.398 e. The van der Waals surface area contributed by atoms with E-state index >= 15 is 0 Å². The molecule has 19 heavy (non-hydrogen) atoms. The maximum Gasteiger partial charge on any atom is 0.161 e. The topological polar surface area (TPSA) is 46.3 Å². The van der Waals surface area contributed by atoms with Gasteiger partial charge in [0.15, 0.2) is 5.78 Å². The van der Waals surface area contributed by atoms with Crippen LogP contribution in [0.25, 0.3) is 0 Å². The Hall–Kier alpha value is -1.51. The Balaban J connectivity index is 2.21. The number of anilines is 2. The van der Waals surface area contributed by atoms with Crippen LogP contribution >= 0.6 is 0 Å². The lowest BCUT2D eigenvalue weighted by atomic mass is 9.82. The molecule has 1 saturated heterocycles. The summed E-state index contributed by atoms with van der Waals surface area (Å²) in [5, 5.41) is 0. The number of carbonyl (C=O) groups is 1. The Labute approximate surface area is 115 Å². The third-order valence-corrected chi connectivity index (χ3v) is 4.72. The van der Waals surface area contributed by atoms with Crippen LogP contribution in [0.3, 0.4) is 0 Å². The molecule has 0 amide bonds. The summed E-state index contributed by atoms with van der Waals surface area (Å²) in [4.78, 5) is 13.8. The van der Waals surface area contributed by atoms with E-state index in [0.29, 0.717) is 16.7 Å². The van der Waals surface area contributed by atoms with Gasteiger partial charge in [-0.3, -0.25) is 4.79 Å². The maximum atomic E-state index is 11.4. The molecule has 3 heteroatoms. The molecule has 0 saturated carbocycles. The molecule has 1 aromatic carbocycles. The lowest BCUT2D eigenvalue weighted by molar-refractivity contribution is 0.101. The summed E-state index contributed by atoms with van der Waals surface area (Å²) in [7, 11) is 0. The van der Waals surface area contributed by atoms with Gasteiger partial charge in [-0.05, 0) is 49.8 Å². The molecule has 0 unspecified atom stereocenters. The van der Waals surface area contributed by atoms with Gasteiger partial charge in [0.05, 0.1) is 0 Å². The van der Waals surface area contributed by atoms with Crippen LogP contribution in [-0.4, -0.2) is 18.9 Å². The first-order valence-electron chi connectivity index (χ1n) is 7.17. The third-order valence-electron chi connectivity index (χ3n) is 4.72. The summed E-state index contributed by atoms with van der Waals surface area (Å²) in [6.07, 6.45) is 3.69. The lowest BCUT2D eigenvalue weighted by Crippen LogP contribution is -2.26. The molecular weight excluding hydrogens is 236 g/mol. The zero-order valence-corrected chi connectivity index (χ0v) is 12.2. The second-order valence-electron chi connectivity index (χ2n) is 5.71. The van der Waals surface area contributed by atoms with E-state index in [1.807, 2.05) is 18.2 Å². The number of hydrogen-bond acceptors (Lipinski definition) is 3. The normalized spacial score (nSPS) is 17.7. The molecule has 104 valence electrons. The minimum atomic E-state index is 0.0296. The molecule has 0 bridgehead atoms. The van der Waals surface area contributed by atoms with Crippen molar-refractivity contribution in [2.45, 2.75) is 40.0 Å². The number of rotatable bonds is 4. The van der Waals surface area contributed by atoms with Crippen molar-refractivity contribution in [2.75, 3.05) is 23.7 Å². The van der Waals surface area contributed by atoms with Crippen LogP contribution in [0.2, 0.25) is 0 Å². The van der Waals surface area contributed by atoms with Crippen LogP contribution in [0.4, 0.5) is 11.4 Å². The highest BCUT2D eigenvalue weighted by atomic mass is 16.1. The first kappa shape index (κ1) is 13.9. The van der Waals surface area contributed by atoms with Crippen molar-refractivity contribution in [3.63, 3.8) is 0 Å². The molecule has 0 atom stereocenters. The average Bonchev–Trinajstić information content (AvgIpc) is 2.83. The SMILES string of the molecule is CCC1(CC)CCN(c2ccc(C(C)=O)c(N)c2)C1. The van der Waals surface area contributed by atoms with Crippen LogP contribution in [-0.2, 0) is 0 Å². The van der Waals surface area contributed by atoms with E-state index in [1.54, 1.807) is 6.92 Å². The van der Waals surface area contributed by atoms with Gasteiger partial charge in [0.1, 0.15) is 0 Å². The van der Waals surface area contributed by atoms with Gasteiger partial charge < -0.3 is 10.6 Å². The minimum Gasteiger partial charge on any atom is -0.398 e. The molecule has 0 spiro atoms. The van der Waals surface area contributed by atoms with E-state index < -0.39 is 0 Å². The Morgan fingerprint density at radius 1 is 1.37 bits per heavy atom. The molecule has 1 aliphatic heterocycles. The van der Waals surface area contributed by atoms with Gasteiger partial charge >= 0.3 is 0 Å². The highest BCUT2D eigenvalue weighted by molar-refractivity contribution is 5.99.